The number of primary amides is 1. The maximum absolute atomic E-state index is 12.6. The second kappa shape index (κ2) is 7.40. The molecule has 0 bridgehead atoms. The quantitative estimate of drug-likeness (QED) is 0.555. The van der Waals surface area contributed by atoms with Crippen LogP contribution >= 0.6 is 0 Å². The molecular formula is C16H16N4O7S. The topological polar surface area (TPSA) is 157 Å². The van der Waals surface area contributed by atoms with Gasteiger partial charge in [-0.1, -0.05) is 6.07 Å². The molecule has 11 nitrogen and oxygen atoms in total. The van der Waals surface area contributed by atoms with Gasteiger partial charge in [-0.25, -0.2) is 8.42 Å². The Kier molecular flexibility index (Phi) is 5.16. The highest BCUT2D eigenvalue weighted by Gasteiger charge is 2.33. The summed E-state index contributed by atoms with van der Waals surface area (Å²) in [6.45, 7) is 0.222. The lowest BCUT2D eigenvalue weighted by atomic mass is 10.1. The Morgan fingerprint density at radius 3 is 2.36 bits per heavy atom. The van der Waals surface area contributed by atoms with E-state index >= 15 is 0 Å². The van der Waals surface area contributed by atoms with Crippen molar-refractivity contribution in [3.05, 3.63) is 57.8 Å². The van der Waals surface area contributed by atoms with E-state index < -0.39 is 31.9 Å². The van der Waals surface area contributed by atoms with E-state index in [2.05, 4.69) is 0 Å². The number of nitro benzene ring substituents is 1. The monoisotopic (exact) mass is 408 g/mol. The highest BCUT2D eigenvalue weighted by atomic mass is 32.2. The fourth-order valence-electron chi connectivity index (χ4n) is 2.79. The normalized spacial score (nSPS) is 15.4. The smallest absolute Gasteiger partial charge is 0.284 e. The molecule has 2 N–H and O–H groups in total. The molecule has 3 rings (SSSR count). The lowest BCUT2D eigenvalue weighted by Crippen LogP contribution is -2.50. The molecule has 148 valence electrons. The van der Waals surface area contributed by atoms with Gasteiger partial charge in [0, 0.05) is 43.9 Å². The number of carbonyl (C=O) groups excluding carboxylic acids is 2. The summed E-state index contributed by atoms with van der Waals surface area (Å²) in [5.41, 5.74) is 5.01. The molecule has 1 aromatic carbocycles. The highest BCUT2D eigenvalue weighted by Crippen LogP contribution is 2.21. The molecule has 0 unspecified atom stereocenters. The third-order valence-corrected chi connectivity index (χ3v) is 6.02. The summed E-state index contributed by atoms with van der Waals surface area (Å²) in [7, 11) is -3.97. The van der Waals surface area contributed by atoms with Crippen molar-refractivity contribution in [1.82, 2.24) is 9.21 Å². The number of non-ortho nitro benzene ring substituents is 1. The number of piperazine rings is 1. The number of nitrogens with two attached hydrogens (primary N) is 1. The zero-order chi connectivity index (χ0) is 20.5. The molecule has 2 amide bonds. The molecule has 1 aliphatic heterocycles. The summed E-state index contributed by atoms with van der Waals surface area (Å²) >= 11 is 0. The number of amides is 2. The van der Waals surface area contributed by atoms with Crippen LogP contribution in [-0.4, -0.2) is 60.5 Å². The van der Waals surface area contributed by atoms with Gasteiger partial charge in [0.2, 0.25) is 5.09 Å². The Morgan fingerprint density at radius 2 is 1.79 bits per heavy atom. The minimum Gasteiger partial charge on any atom is -0.438 e. The van der Waals surface area contributed by atoms with Gasteiger partial charge in [-0.2, -0.15) is 4.31 Å². The SMILES string of the molecule is NC(=O)c1ccc(S(=O)(=O)N2CCN(C(=O)c3cccc([N+](=O)[O-])c3)CC2)o1. The van der Waals surface area contributed by atoms with Crippen LogP contribution in [0.15, 0.2) is 45.9 Å². The minimum absolute atomic E-state index is 0.00953. The van der Waals surface area contributed by atoms with Gasteiger partial charge >= 0.3 is 0 Å². The predicted octanol–water partition coefficient (Wildman–Crippen LogP) is 0.433. The van der Waals surface area contributed by atoms with Crippen molar-refractivity contribution in [3.63, 3.8) is 0 Å². The van der Waals surface area contributed by atoms with E-state index in [1.54, 1.807) is 0 Å². The molecule has 12 heteroatoms. The van der Waals surface area contributed by atoms with Crippen molar-refractivity contribution >= 4 is 27.5 Å². The summed E-state index contributed by atoms with van der Waals surface area (Å²) in [5.74, 6) is -1.57. The first kappa shape index (κ1) is 19.5. The van der Waals surface area contributed by atoms with Crippen molar-refractivity contribution in [2.24, 2.45) is 5.73 Å². The molecule has 1 fully saturated rings. The molecule has 2 aromatic rings. The van der Waals surface area contributed by atoms with Crippen molar-refractivity contribution < 1.29 is 27.3 Å². The summed E-state index contributed by atoms with van der Waals surface area (Å²) in [6, 6.07) is 7.67. The molecule has 28 heavy (non-hydrogen) atoms. The Bertz CT molecular complexity index is 1040. The molecule has 1 aliphatic rings. The van der Waals surface area contributed by atoms with Crippen LogP contribution in [0.5, 0.6) is 0 Å². The number of carbonyl (C=O) groups is 2. The lowest BCUT2D eigenvalue weighted by Gasteiger charge is -2.33. The molecule has 2 heterocycles. The Morgan fingerprint density at radius 1 is 1.11 bits per heavy atom. The van der Waals surface area contributed by atoms with Crippen LogP contribution in [0.1, 0.15) is 20.9 Å². The van der Waals surface area contributed by atoms with Gasteiger partial charge in [0.15, 0.2) is 5.76 Å². The third-order valence-electron chi connectivity index (χ3n) is 4.25. The van der Waals surface area contributed by atoms with E-state index in [0.717, 1.165) is 10.4 Å². The molecule has 0 saturated carbocycles. The fourth-order valence-corrected chi connectivity index (χ4v) is 4.12. The first-order chi connectivity index (χ1) is 13.2. The van der Waals surface area contributed by atoms with Gasteiger partial charge in [-0.05, 0) is 18.2 Å². The standard InChI is InChI=1S/C16H16N4O7S/c17-15(21)13-4-5-14(27-13)28(25,26)19-8-6-18(7-9-19)16(22)11-2-1-3-12(10-11)20(23)24/h1-5,10H,6-9H2,(H2,17,21). The fraction of sp³-hybridized carbons (Fsp3) is 0.250. The van der Waals surface area contributed by atoms with Gasteiger partial charge < -0.3 is 15.1 Å². The van der Waals surface area contributed by atoms with Crippen molar-refractivity contribution in [2.75, 3.05) is 26.2 Å². The first-order valence-corrected chi connectivity index (χ1v) is 9.57. The van der Waals surface area contributed by atoms with Crippen LogP contribution in [-0.2, 0) is 10.0 Å². The molecule has 0 spiro atoms. The number of rotatable bonds is 5. The summed E-state index contributed by atoms with van der Waals surface area (Å²) in [6.07, 6.45) is 0. The number of hydrogen-bond acceptors (Lipinski definition) is 7. The minimum atomic E-state index is -3.97. The molecule has 0 atom stereocenters. The van der Waals surface area contributed by atoms with E-state index in [9.17, 15) is 28.1 Å². The van der Waals surface area contributed by atoms with Crippen LogP contribution in [0.2, 0.25) is 0 Å². The Balaban J connectivity index is 1.69. The predicted molar refractivity (Wildman–Crippen MR) is 95.0 cm³/mol. The second-order valence-corrected chi connectivity index (χ2v) is 7.86. The highest BCUT2D eigenvalue weighted by molar-refractivity contribution is 7.89. The number of benzene rings is 1. The number of nitrogens with zero attached hydrogens (tertiary/aromatic N) is 3. The van der Waals surface area contributed by atoms with E-state index in [-0.39, 0.29) is 43.2 Å². The van der Waals surface area contributed by atoms with Crippen molar-refractivity contribution in [1.29, 1.82) is 0 Å². The van der Waals surface area contributed by atoms with Crippen LogP contribution in [0.4, 0.5) is 5.69 Å². The number of nitro groups is 1. The summed E-state index contributed by atoms with van der Waals surface area (Å²) in [4.78, 5) is 35.3. The van der Waals surface area contributed by atoms with Crippen LogP contribution < -0.4 is 5.73 Å². The van der Waals surface area contributed by atoms with E-state index in [4.69, 9.17) is 10.2 Å². The first-order valence-electron chi connectivity index (χ1n) is 8.13. The van der Waals surface area contributed by atoms with Gasteiger partial charge in [-0.3, -0.25) is 19.7 Å². The van der Waals surface area contributed by atoms with E-state index in [0.29, 0.717) is 0 Å². The molecule has 0 radical (unpaired) electrons. The summed E-state index contributed by atoms with van der Waals surface area (Å²) < 4.78 is 31.3. The van der Waals surface area contributed by atoms with Gasteiger partial charge in [0.25, 0.3) is 27.5 Å². The van der Waals surface area contributed by atoms with Crippen LogP contribution in [0.25, 0.3) is 0 Å². The number of furan rings is 1. The molecule has 1 saturated heterocycles. The van der Waals surface area contributed by atoms with E-state index in [1.165, 1.54) is 35.2 Å². The molecule has 0 aliphatic carbocycles. The largest absolute Gasteiger partial charge is 0.438 e. The number of sulfonamides is 1. The average Bonchev–Trinajstić information content (AvgIpc) is 3.19. The van der Waals surface area contributed by atoms with Gasteiger partial charge in [0.05, 0.1) is 4.92 Å². The molecule has 1 aromatic heterocycles. The lowest BCUT2D eigenvalue weighted by molar-refractivity contribution is -0.384. The van der Waals surface area contributed by atoms with Gasteiger partial charge in [0.1, 0.15) is 0 Å². The average molecular weight is 408 g/mol. The van der Waals surface area contributed by atoms with E-state index in [1.807, 2.05) is 0 Å². The molecular weight excluding hydrogens is 392 g/mol. The third kappa shape index (κ3) is 3.73. The number of hydrogen-bond donors (Lipinski definition) is 1. The zero-order valence-corrected chi connectivity index (χ0v) is 15.3. The van der Waals surface area contributed by atoms with Gasteiger partial charge in [-0.15, -0.1) is 0 Å². The summed E-state index contributed by atoms with van der Waals surface area (Å²) in [5, 5.41) is 10.5. The Labute approximate surface area is 159 Å². The van der Waals surface area contributed by atoms with Crippen LogP contribution in [0.3, 0.4) is 0 Å². The van der Waals surface area contributed by atoms with Crippen LogP contribution in [0, 0.1) is 10.1 Å². The maximum atomic E-state index is 12.6. The maximum Gasteiger partial charge on any atom is 0.284 e. The van der Waals surface area contributed by atoms with Crippen molar-refractivity contribution in [2.45, 2.75) is 5.09 Å². The zero-order valence-electron chi connectivity index (χ0n) is 14.5. The second-order valence-electron chi connectivity index (χ2n) is 5.99. The Hall–Kier alpha value is -3.25. The van der Waals surface area contributed by atoms with Crippen molar-refractivity contribution in [3.8, 4) is 0 Å².